The van der Waals surface area contributed by atoms with Crippen LogP contribution in [0.25, 0.3) is 0 Å². The topological polar surface area (TPSA) is 12.0 Å². The molecule has 0 heterocycles. The summed E-state index contributed by atoms with van der Waals surface area (Å²) >= 11 is 1.92. The summed E-state index contributed by atoms with van der Waals surface area (Å²) < 4.78 is 0. The third-order valence-electron chi connectivity index (χ3n) is 2.32. The van der Waals surface area contributed by atoms with E-state index in [2.05, 4.69) is 58.1 Å². The Morgan fingerprint density at radius 1 is 1.25 bits per heavy atom. The van der Waals surface area contributed by atoms with Crippen molar-refractivity contribution >= 4 is 11.8 Å². The maximum atomic E-state index is 3.55. The SMILES string of the molecule is CCSc1ccc(C)cc1CNC(C)(C)C. The van der Waals surface area contributed by atoms with Crippen molar-refractivity contribution in [3.05, 3.63) is 29.3 Å². The van der Waals surface area contributed by atoms with Crippen molar-refractivity contribution < 1.29 is 0 Å². The van der Waals surface area contributed by atoms with Crippen LogP contribution in [0.1, 0.15) is 38.8 Å². The van der Waals surface area contributed by atoms with E-state index in [9.17, 15) is 0 Å². The molecule has 16 heavy (non-hydrogen) atoms. The quantitative estimate of drug-likeness (QED) is 0.795. The van der Waals surface area contributed by atoms with Gasteiger partial charge in [-0.05, 0) is 45.1 Å². The predicted octanol–water partition coefficient (Wildman–Crippen LogP) is 4.00. The molecule has 0 aliphatic rings. The largest absolute Gasteiger partial charge is 0.308 e. The van der Waals surface area contributed by atoms with E-state index in [1.165, 1.54) is 16.0 Å². The Kier molecular flexibility index (Phi) is 4.88. The standard InChI is InChI=1S/C14H23NS/c1-6-16-13-8-7-11(2)9-12(13)10-15-14(3,4)5/h7-9,15H,6,10H2,1-5H3. The van der Waals surface area contributed by atoms with Gasteiger partial charge in [0, 0.05) is 17.0 Å². The zero-order chi connectivity index (χ0) is 12.2. The number of aryl methyl sites for hydroxylation is 1. The molecule has 0 unspecified atom stereocenters. The van der Waals surface area contributed by atoms with Gasteiger partial charge in [-0.1, -0.05) is 24.6 Å². The maximum absolute atomic E-state index is 3.55. The van der Waals surface area contributed by atoms with Crippen LogP contribution in [0, 0.1) is 6.92 Å². The number of hydrogen-bond acceptors (Lipinski definition) is 2. The van der Waals surface area contributed by atoms with Crippen molar-refractivity contribution in [1.82, 2.24) is 5.32 Å². The Morgan fingerprint density at radius 3 is 2.50 bits per heavy atom. The number of hydrogen-bond donors (Lipinski definition) is 1. The highest BCUT2D eigenvalue weighted by atomic mass is 32.2. The number of thioether (sulfide) groups is 1. The van der Waals surface area contributed by atoms with Gasteiger partial charge >= 0.3 is 0 Å². The monoisotopic (exact) mass is 237 g/mol. The third kappa shape index (κ3) is 4.58. The van der Waals surface area contributed by atoms with Crippen LogP contribution in [0.3, 0.4) is 0 Å². The second-order valence-corrected chi connectivity index (χ2v) is 6.45. The molecule has 0 radical (unpaired) electrons. The predicted molar refractivity (Wildman–Crippen MR) is 74.2 cm³/mol. The van der Waals surface area contributed by atoms with Crippen LogP contribution in [0.4, 0.5) is 0 Å². The van der Waals surface area contributed by atoms with E-state index < -0.39 is 0 Å². The Labute approximate surface area is 104 Å². The van der Waals surface area contributed by atoms with Gasteiger partial charge in [0.2, 0.25) is 0 Å². The van der Waals surface area contributed by atoms with E-state index in [0.717, 1.165) is 12.3 Å². The summed E-state index contributed by atoms with van der Waals surface area (Å²) in [5.41, 5.74) is 2.94. The second-order valence-electron chi connectivity index (χ2n) is 5.15. The van der Waals surface area contributed by atoms with Gasteiger partial charge in [0.15, 0.2) is 0 Å². The average Bonchev–Trinajstić information content (AvgIpc) is 2.17. The van der Waals surface area contributed by atoms with Gasteiger partial charge in [-0.25, -0.2) is 0 Å². The van der Waals surface area contributed by atoms with Crippen molar-refractivity contribution in [3.8, 4) is 0 Å². The van der Waals surface area contributed by atoms with E-state index in [-0.39, 0.29) is 5.54 Å². The van der Waals surface area contributed by atoms with Gasteiger partial charge in [0.1, 0.15) is 0 Å². The van der Waals surface area contributed by atoms with Gasteiger partial charge < -0.3 is 5.32 Å². The second kappa shape index (κ2) is 5.74. The fraction of sp³-hybridized carbons (Fsp3) is 0.571. The highest BCUT2D eigenvalue weighted by Gasteiger charge is 2.10. The fourth-order valence-corrected chi connectivity index (χ4v) is 2.29. The first kappa shape index (κ1) is 13.6. The molecule has 90 valence electrons. The molecule has 0 atom stereocenters. The van der Waals surface area contributed by atoms with E-state index in [0.29, 0.717) is 0 Å². The van der Waals surface area contributed by atoms with Gasteiger partial charge in [-0.2, -0.15) is 0 Å². The van der Waals surface area contributed by atoms with E-state index in [1.807, 2.05) is 11.8 Å². The highest BCUT2D eigenvalue weighted by molar-refractivity contribution is 7.99. The van der Waals surface area contributed by atoms with Gasteiger partial charge in [-0.3, -0.25) is 0 Å². The normalized spacial score (nSPS) is 11.8. The Balaban J connectivity index is 2.79. The molecule has 1 N–H and O–H groups in total. The molecule has 2 heteroatoms. The molecule has 0 aromatic heterocycles. The summed E-state index contributed by atoms with van der Waals surface area (Å²) in [5, 5.41) is 3.55. The van der Waals surface area contributed by atoms with Gasteiger partial charge in [0.05, 0.1) is 0 Å². The summed E-state index contributed by atoms with van der Waals surface area (Å²) in [6, 6.07) is 6.72. The molecular formula is C14H23NS. The summed E-state index contributed by atoms with van der Waals surface area (Å²) in [6.45, 7) is 11.9. The summed E-state index contributed by atoms with van der Waals surface area (Å²) in [5.74, 6) is 1.13. The summed E-state index contributed by atoms with van der Waals surface area (Å²) in [7, 11) is 0. The number of nitrogens with one attached hydrogen (secondary N) is 1. The molecule has 0 fully saturated rings. The summed E-state index contributed by atoms with van der Waals surface area (Å²) in [6.07, 6.45) is 0. The third-order valence-corrected chi connectivity index (χ3v) is 3.32. The molecule has 0 saturated carbocycles. The Bertz CT molecular complexity index is 339. The molecule has 0 aliphatic carbocycles. The van der Waals surface area contributed by atoms with E-state index in [4.69, 9.17) is 0 Å². The molecule has 1 rings (SSSR count). The molecule has 0 bridgehead atoms. The van der Waals surface area contributed by atoms with Crippen molar-refractivity contribution in [2.45, 2.75) is 51.6 Å². The average molecular weight is 237 g/mol. The Morgan fingerprint density at radius 2 is 1.94 bits per heavy atom. The molecule has 0 aliphatic heterocycles. The minimum Gasteiger partial charge on any atom is -0.308 e. The minimum absolute atomic E-state index is 0.178. The molecule has 0 amide bonds. The molecular weight excluding hydrogens is 214 g/mol. The van der Waals surface area contributed by atoms with Crippen LogP contribution in [0.2, 0.25) is 0 Å². The van der Waals surface area contributed by atoms with Crippen molar-refractivity contribution in [2.75, 3.05) is 5.75 Å². The lowest BCUT2D eigenvalue weighted by molar-refractivity contribution is 0.422. The zero-order valence-corrected chi connectivity index (χ0v) is 11.9. The zero-order valence-electron chi connectivity index (χ0n) is 11.1. The van der Waals surface area contributed by atoms with Crippen LogP contribution >= 0.6 is 11.8 Å². The Hall–Kier alpha value is -0.470. The van der Waals surface area contributed by atoms with Crippen molar-refractivity contribution in [1.29, 1.82) is 0 Å². The minimum atomic E-state index is 0.178. The summed E-state index contributed by atoms with van der Waals surface area (Å²) in [4.78, 5) is 1.41. The molecule has 0 saturated heterocycles. The first-order chi connectivity index (χ1) is 7.42. The highest BCUT2D eigenvalue weighted by Crippen LogP contribution is 2.24. The number of rotatable bonds is 4. The number of benzene rings is 1. The van der Waals surface area contributed by atoms with Crippen LogP contribution in [-0.2, 0) is 6.54 Å². The lowest BCUT2D eigenvalue weighted by atomic mass is 10.1. The van der Waals surface area contributed by atoms with Crippen molar-refractivity contribution in [2.24, 2.45) is 0 Å². The van der Waals surface area contributed by atoms with Crippen LogP contribution in [0.15, 0.2) is 23.1 Å². The van der Waals surface area contributed by atoms with Crippen LogP contribution in [0.5, 0.6) is 0 Å². The molecule has 1 aromatic rings. The lowest BCUT2D eigenvalue weighted by Gasteiger charge is -2.21. The van der Waals surface area contributed by atoms with Gasteiger partial charge in [0.25, 0.3) is 0 Å². The van der Waals surface area contributed by atoms with Gasteiger partial charge in [-0.15, -0.1) is 11.8 Å². The smallest absolute Gasteiger partial charge is 0.0221 e. The molecule has 1 nitrogen and oxygen atoms in total. The van der Waals surface area contributed by atoms with E-state index >= 15 is 0 Å². The first-order valence-corrected chi connectivity index (χ1v) is 6.88. The van der Waals surface area contributed by atoms with Crippen LogP contribution < -0.4 is 5.32 Å². The molecule has 1 aromatic carbocycles. The van der Waals surface area contributed by atoms with Crippen molar-refractivity contribution in [3.63, 3.8) is 0 Å². The van der Waals surface area contributed by atoms with Crippen LogP contribution in [-0.4, -0.2) is 11.3 Å². The molecule has 0 spiro atoms. The van der Waals surface area contributed by atoms with E-state index in [1.54, 1.807) is 0 Å². The lowest BCUT2D eigenvalue weighted by Crippen LogP contribution is -2.35. The fourth-order valence-electron chi connectivity index (χ4n) is 1.50. The first-order valence-electron chi connectivity index (χ1n) is 5.90. The maximum Gasteiger partial charge on any atom is 0.0221 e.